The first kappa shape index (κ1) is 25.2. The Hall–Kier alpha value is -3.87. The second-order valence-electron chi connectivity index (χ2n) is 8.33. The molecule has 0 spiro atoms. The van der Waals surface area contributed by atoms with Crippen molar-refractivity contribution in [2.24, 2.45) is 0 Å². The van der Waals surface area contributed by atoms with E-state index < -0.39 is 7.26 Å². The van der Waals surface area contributed by atoms with Crippen LogP contribution in [0.1, 0.15) is 12.5 Å². The quantitative estimate of drug-likeness (QED) is 0.249. The van der Waals surface area contributed by atoms with Gasteiger partial charge in [-0.05, 0) is 49.4 Å². The van der Waals surface area contributed by atoms with E-state index >= 15 is 0 Å². The fraction of sp³-hybridized carbons (Fsp3) is 0.0909. The predicted molar refractivity (Wildman–Crippen MR) is 152 cm³/mol. The summed E-state index contributed by atoms with van der Waals surface area (Å²) in [5, 5.41) is 14.4. The Balaban J connectivity index is 0.000000375. The van der Waals surface area contributed by atoms with E-state index in [1.807, 2.05) is 13.0 Å². The molecule has 5 aromatic carbocycles. The lowest BCUT2D eigenvalue weighted by molar-refractivity contribution is -0.268. The zero-order chi connectivity index (χ0) is 25.1. The molecule has 0 unspecified atom stereocenters. The Labute approximate surface area is 215 Å². The van der Waals surface area contributed by atoms with Crippen molar-refractivity contribution in [1.29, 1.82) is 0 Å². The first-order valence-electron chi connectivity index (χ1n) is 12.2. The number of hydrogen-bond donors (Lipinski definition) is 0. The fourth-order valence-electron chi connectivity index (χ4n) is 4.38. The van der Waals surface area contributed by atoms with Gasteiger partial charge in [-0.25, -0.2) is 0 Å². The number of para-hydroxylation sites is 2. The smallest absolute Gasteiger partial charge is 0.126 e. The van der Waals surface area contributed by atoms with Gasteiger partial charge < -0.3 is 9.84 Å². The highest BCUT2D eigenvalue weighted by molar-refractivity contribution is 7.95. The first-order valence-corrected chi connectivity index (χ1v) is 14.2. The number of hydrogen-bond acceptors (Lipinski definition) is 2. The average Bonchev–Trinajstić information content (AvgIpc) is 2.95. The molecule has 0 fully saturated rings. The molecule has 36 heavy (non-hydrogen) atoms. The summed E-state index contributed by atoms with van der Waals surface area (Å²) >= 11 is 0. The van der Waals surface area contributed by atoms with Crippen molar-refractivity contribution in [3.63, 3.8) is 0 Å². The van der Waals surface area contributed by atoms with Gasteiger partial charge in [-0.15, -0.1) is 5.75 Å². The van der Waals surface area contributed by atoms with Gasteiger partial charge in [-0.1, -0.05) is 103 Å². The molecule has 0 radical (unpaired) electrons. The molecule has 0 bridgehead atoms. The van der Waals surface area contributed by atoms with Gasteiger partial charge in [0, 0.05) is 5.56 Å². The molecule has 2 nitrogen and oxygen atoms in total. The molecular formula is C33H31O2P. The highest BCUT2D eigenvalue weighted by Gasteiger charge is 2.45. The molecule has 5 aromatic rings. The maximum atomic E-state index is 10.3. The van der Waals surface area contributed by atoms with E-state index in [9.17, 15) is 5.11 Å². The van der Waals surface area contributed by atoms with Crippen LogP contribution in [-0.4, -0.2) is 6.61 Å². The van der Waals surface area contributed by atoms with Gasteiger partial charge in [0.05, 0.1) is 6.61 Å². The van der Waals surface area contributed by atoms with Gasteiger partial charge in [0.25, 0.3) is 0 Å². The summed E-state index contributed by atoms with van der Waals surface area (Å²) < 4.78 is 6.01. The topological polar surface area (TPSA) is 32.3 Å². The van der Waals surface area contributed by atoms with E-state index in [0.717, 1.165) is 11.9 Å². The molecule has 0 aliphatic rings. The molecular weight excluding hydrogens is 459 g/mol. The number of ether oxygens (including phenoxy) is 1. The minimum atomic E-state index is -1.91. The van der Waals surface area contributed by atoms with E-state index in [2.05, 4.69) is 115 Å². The van der Waals surface area contributed by atoms with Gasteiger partial charge in [-0.3, -0.25) is 0 Å². The van der Waals surface area contributed by atoms with E-state index in [0.29, 0.717) is 6.61 Å². The maximum absolute atomic E-state index is 10.3. The van der Waals surface area contributed by atoms with E-state index in [1.165, 1.54) is 33.6 Å². The third-order valence-electron chi connectivity index (χ3n) is 6.01. The first-order chi connectivity index (χ1) is 17.7. The van der Waals surface area contributed by atoms with Crippen molar-refractivity contribution >= 4 is 23.2 Å². The minimum absolute atomic E-state index is 0.0718. The molecule has 0 N–H and O–H groups in total. The van der Waals surface area contributed by atoms with Crippen molar-refractivity contribution < 1.29 is 9.84 Å². The van der Waals surface area contributed by atoms with Crippen LogP contribution in [0.5, 0.6) is 11.5 Å². The van der Waals surface area contributed by atoms with Crippen molar-refractivity contribution in [1.82, 2.24) is 0 Å². The summed E-state index contributed by atoms with van der Waals surface area (Å²) in [5.41, 5.74) is 1.26. The van der Waals surface area contributed by atoms with Crippen LogP contribution in [0, 0.1) is 0 Å². The van der Waals surface area contributed by atoms with Crippen molar-refractivity contribution in [3.8, 4) is 11.5 Å². The summed E-state index contributed by atoms with van der Waals surface area (Å²) in [6.07, 6.45) is 0.932. The lowest BCUT2D eigenvalue weighted by Crippen LogP contribution is -2.32. The molecule has 0 atom stereocenters. The molecule has 0 saturated carbocycles. The van der Waals surface area contributed by atoms with Crippen molar-refractivity contribution in [2.75, 3.05) is 6.61 Å². The van der Waals surface area contributed by atoms with Crippen LogP contribution >= 0.6 is 7.26 Å². The standard InChI is InChI=1S/C27H26OP.C6H6O/c1-2-28-27-21-13-12-14-23(27)22-29(24-15-6-3-7-16-24,25-17-8-4-9-18-25)26-19-10-5-11-20-26;7-6-4-2-1-3-5-6/h3-21H,2,22H2,1H3;1-5,7H/q+1;/p-1. The van der Waals surface area contributed by atoms with Crippen molar-refractivity contribution in [3.05, 3.63) is 151 Å². The largest absolute Gasteiger partial charge is 0.872 e. The number of rotatable bonds is 7. The van der Waals surface area contributed by atoms with E-state index in [-0.39, 0.29) is 5.75 Å². The lowest BCUT2D eigenvalue weighted by atomic mass is 10.2. The van der Waals surface area contributed by atoms with E-state index in [4.69, 9.17) is 4.74 Å². The molecule has 0 aliphatic heterocycles. The van der Waals surface area contributed by atoms with E-state index in [1.54, 1.807) is 12.1 Å². The molecule has 5 rings (SSSR count). The van der Waals surface area contributed by atoms with Gasteiger partial charge in [-0.2, -0.15) is 0 Å². The highest BCUT2D eigenvalue weighted by Crippen LogP contribution is 2.58. The van der Waals surface area contributed by atoms with Gasteiger partial charge in [0.2, 0.25) is 0 Å². The average molecular weight is 491 g/mol. The fourth-order valence-corrected chi connectivity index (χ4v) is 8.63. The molecule has 0 heterocycles. The predicted octanol–water partition coefficient (Wildman–Crippen LogP) is 6.34. The van der Waals surface area contributed by atoms with Crippen LogP contribution in [-0.2, 0) is 6.16 Å². The Morgan fingerprint density at radius 3 is 1.31 bits per heavy atom. The summed E-state index contributed by atoms with van der Waals surface area (Å²) in [6.45, 7) is 2.72. The van der Waals surface area contributed by atoms with Crippen LogP contribution in [0.15, 0.2) is 146 Å². The van der Waals surface area contributed by atoms with Crippen molar-refractivity contribution in [2.45, 2.75) is 13.1 Å². The normalized spacial score (nSPS) is 10.7. The number of benzene rings is 5. The second-order valence-corrected chi connectivity index (χ2v) is 11.8. The molecule has 180 valence electrons. The van der Waals surface area contributed by atoms with Crippen LogP contribution in [0.3, 0.4) is 0 Å². The van der Waals surface area contributed by atoms with Crippen LogP contribution in [0.4, 0.5) is 0 Å². The highest BCUT2D eigenvalue weighted by atomic mass is 31.2. The Kier molecular flexibility index (Phi) is 8.92. The summed E-state index contributed by atoms with van der Waals surface area (Å²) in [5.74, 6) is 1.06. The molecule has 3 heteroatoms. The van der Waals surface area contributed by atoms with Crippen LogP contribution < -0.4 is 25.8 Å². The van der Waals surface area contributed by atoms with Crippen LogP contribution in [0.2, 0.25) is 0 Å². The van der Waals surface area contributed by atoms with Gasteiger partial charge in [0.1, 0.15) is 35.1 Å². The molecule has 0 aliphatic carbocycles. The zero-order valence-corrected chi connectivity index (χ0v) is 21.4. The van der Waals surface area contributed by atoms with Gasteiger partial charge in [0.15, 0.2) is 0 Å². The third kappa shape index (κ3) is 6.03. The Morgan fingerprint density at radius 2 is 0.917 bits per heavy atom. The summed E-state index contributed by atoms with van der Waals surface area (Å²) in [4.78, 5) is 0. The monoisotopic (exact) mass is 490 g/mol. The zero-order valence-electron chi connectivity index (χ0n) is 20.5. The third-order valence-corrected chi connectivity index (χ3v) is 10.4. The minimum Gasteiger partial charge on any atom is -0.872 e. The summed E-state index contributed by atoms with van der Waals surface area (Å²) in [6, 6.07) is 49.8. The lowest BCUT2D eigenvalue weighted by Gasteiger charge is -2.28. The van der Waals surface area contributed by atoms with Gasteiger partial charge >= 0.3 is 0 Å². The molecule has 0 amide bonds. The van der Waals surface area contributed by atoms with Crippen LogP contribution in [0.25, 0.3) is 0 Å². The SMILES string of the molecule is CCOc1ccccc1C[P+](c1ccccc1)(c1ccccc1)c1ccccc1.[O-]c1ccccc1. The Morgan fingerprint density at radius 1 is 0.528 bits per heavy atom. The maximum Gasteiger partial charge on any atom is 0.126 e. The summed E-state index contributed by atoms with van der Waals surface area (Å²) in [7, 11) is -1.91. The second kappa shape index (κ2) is 12.7. The Bertz CT molecular complexity index is 1210. The molecule has 0 aromatic heterocycles. The molecule has 0 saturated heterocycles.